The Morgan fingerprint density at radius 1 is 1.04 bits per heavy atom. The van der Waals surface area contributed by atoms with Crippen molar-refractivity contribution in [1.29, 1.82) is 0 Å². The van der Waals surface area contributed by atoms with E-state index in [0.29, 0.717) is 18.0 Å². The summed E-state index contributed by atoms with van der Waals surface area (Å²) in [6.07, 6.45) is 4.66. The summed E-state index contributed by atoms with van der Waals surface area (Å²) in [6.45, 7) is 0.434. The number of carbonyl (C=O) groups excluding carboxylic acids is 1. The maximum atomic E-state index is 11.9. The molecule has 0 saturated heterocycles. The van der Waals surface area contributed by atoms with Gasteiger partial charge in [0.05, 0.1) is 5.69 Å². The molecular weight excluding hydrogens is 381 g/mol. The van der Waals surface area contributed by atoms with Gasteiger partial charge in [-0.25, -0.2) is 0 Å². The van der Waals surface area contributed by atoms with E-state index in [2.05, 4.69) is 23.5 Å². The van der Waals surface area contributed by atoms with E-state index in [4.69, 9.17) is 39.5 Å². The Morgan fingerprint density at radius 3 is 2.60 bits per heavy atom. The van der Waals surface area contributed by atoms with E-state index in [-0.39, 0.29) is 0 Å². The van der Waals surface area contributed by atoms with E-state index >= 15 is 0 Å². The molecule has 1 amide bonds. The minimum atomic E-state index is -2.02. The van der Waals surface area contributed by atoms with E-state index in [0.717, 1.165) is 12.8 Å². The molecule has 0 spiro atoms. The first-order chi connectivity index (χ1) is 11.9. The number of fused-ring (bicyclic) bond motifs is 1. The highest BCUT2D eigenvalue weighted by Gasteiger charge is 2.31. The maximum absolute atomic E-state index is 11.9. The number of rotatable bonds is 4. The van der Waals surface area contributed by atoms with Crippen LogP contribution in [-0.2, 0) is 24.2 Å². The molecule has 0 atom stereocenters. The number of hydrogen-bond donors (Lipinski definition) is 1. The number of nitrogens with one attached hydrogen (secondary N) is 1. The zero-order valence-corrected chi connectivity index (χ0v) is 15.8. The molecule has 0 fully saturated rings. The van der Waals surface area contributed by atoms with Crippen LogP contribution in [0.4, 0.5) is 5.69 Å². The molecule has 2 aromatic carbocycles. The van der Waals surface area contributed by atoms with Crippen molar-refractivity contribution in [3.8, 4) is 5.75 Å². The molecule has 132 valence electrons. The Balaban J connectivity index is 1.75. The molecule has 0 aromatic heterocycles. The number of carbonyl (C=O) groups is 1. The molecule has 3 rings (SSSR count). The highest BCUT2D eigenvalue weighted by Crippen LogP contribution is 2.31. The monoisotopic (exact) mass is 397 g/mol. The second kappa shape index (κ2) is 7.86. The molecule has 3 nitrogen and oxygen atoms in total. The summed E-state index contributed by atoms with van der Waals surface area (Å²) in [5.41, 5.74) is 4.45. The van der Waals surface area contributed by atoms with Gasteiger partial charge in [0.25, 0.3) is 9.70 Å². The Hall–Kier alpha value is -1.42. The van der Waals surface area contributed by atoms with Crippen molar-refractivity contribution in [2.45, 2.75) is 36.1 Å². The molecule has 0 saturated carbocycles. The van der Waals surface area contributed by atoms with E-state index < -0.39 is 9.70 Å². The standard InChI is InChI=1S/C19H18Cl3NO2/c20-19(21,22)18(24)23-16-10-3-4-11-17(16)25-12-14-8-5-7-13-6-1-2-9-15(13)14/h3-5,7-8,10-11H,1-2,6,9,12H2,(H,23,24). The number of aryl methyl sites for hydroxylation is 1. The first kappa shape index (κ1) is 18.4. The second-order valence-corrected chi connectivity index (χ2v) is 8.28. The number of alkyl halides is 3. The molecule has 25 heavy (non-hydrogen) atoms. The zero-order chi connectivity index (χ0) is 17.9. The summed E-state index contributed by atoms with van der Waals surface area (Å²) < 4.78 is 3.94. The lowest BCUT2D eigenvalue weighted by Crippen LogP contribution is -2.27. The molecule has 0 aliphatic heterocycles. The van der Waals surface area contributed by atoms with Gasteiger partial charge in [-0.15, -0.1) is 0 Å². The molecule has 0 heterocycles. The minimum Gasteiger partial charge on any atom is -0.487 e. The minimum absolute atomic E-state index is 0.434. The number of benzene rings is 2. The second-order valence-electron chi connectivity index (χ2n) is 6.00. The van der Waals surface area contributed by atoms with Gasteiger partial charge in [0.2, 0.25) is 0 Å². The molecule has 0 unspecified atom stereocenters. The fraction of sp³-hybridized carbons (Fsp3) is 0.316. The quantitative estimate of drug-likeness (QED) is 0.695. The number of anilines is 1. The average molecular weight is 399 g/mol. The van der Waals surface area contributed by atoms with Crippen LogP contribution in [0.2, 0.25) is 0 Å². The van der Waals surface area contributed by atoms with E-state index in [1.165, 1.54) is 29.5 Å². The molecule has 6 heteroatoms. The van der Waals surface area contributed by atoms with Crippen LogP contribution in [0, 0.1) is 0 Å². The molecule has 2 aromatic rings. The van der Waals surface area contributed by atoms with Crippen LogP contribution in [0.15, 0.2) is 42.5 Å². The number of hydrogen-bond acceptors (Lipinski definition) is 2. The number of halogens is 3. The first-order valence-corrected chi connectivity index (χ1v) is 9.28. The molecule has 0 radical (unpaired) electrons. The average Bonchev–Trinajstić information content (AvgIpc) is 2.60. The lowest BCUT2D eigenvalue weighted by molar-refractivity contribution is -0.115. The van der Waals surface area contributed by atoms with Crippen LogP contribution in [0.5, 0.6) is 5.75 Å². The summed E-state index contributed by atoms with van der Waals surface area (Å²) in [5, 5.41) is 2.59. The van der Waals surface area contributed by atoms with Gasteiger partial charge in [0.15, 0.2) is 0 Å². The molecule has 0 bridgehead atoms. The van der Waals surface area contributed by atoms with Crippen molar-refractivity contribution in [1.82, 2.24) is 0 Å². The summed E-state index contributed by atoms with van der Waals surface area (Å²) in [7, 11) is 0. The largest absolute Gasteiger partial charge is 0.487 e. The van der Waals surface area contributed by atoms with Crippen LogP contribution in [0.25, 0.3) is 0 Å². The maximum Gasteiger partial charge on any atom is 0.276 e. The van der Waals surface area contributed by atoms with Gasteiger partial charge >= 0.3 is 0 Å². The smallest absolute Gasteiger partial charge is 0.276 e. The predicted molar refractivity (Wildman–Crippen MR) is 103 cm³/mol. The van der Waals surface area contributed by atoms with Gasteiger partial charge in [0, 0.05) is 0 Å². The first-order valence-electron chi connectivity index (χ1n) is 8.15. The van der Waals surface area contributed by atoms with Crippen molar-refractivity contribution < 1.29 is 9.53 Å². The van der Waals surface area contributed by atoms with Crippen LogP contribution < -0.4 is 10.1 Å². The molecule has 1 aliphatic rings. The third-order valence-electron chi connectivity index (χ3n) is 4.27. The van der Waals surface area contributed by atoms with Gasteiger partial charge in [-0.2, -0.15) is 0 Å². The summed E-state index contributed by atoms with van der Waals surface area (Å²) >= 11 is 16.8. The van der Waals surface area contributed by atoms with Gasteiger partial charge in [-0.05, 0) is 54.5 Å². The fourth-order valence-corrected chi connectivity index (χ4v) is 3.18. The highest BCUT2D eigenvalue weighted by molar-refractivity contribution is 6.76. The van der Waals surface area contributed by atoms with Gasteiger partial charge < -0.3 is 10.1 Å². The lowest BCUT2D eigenvalue weighted by Gasteiger charge is -2.20. The number of ether oxygens (including phenoxy) is 1. The molecular formula is C19H18Cl3NO2. The van der Waals surface area contributed by atoms with Crippen molar-refractivity contribution in [2.24, 2.45) is 0 Å². The number of para-hydroxylation sites is 2. The van der Waals surface area contributed by atoms with E-state index in [1.54, 1.807) is 18.2 Å². The Bertz CT molecular complexity index is 772. The SMILES string of the molecule is O=C(Nc1ccccc1OCc1cccc2c1CCCC2)C(Cl)(Cl)Cl. The topological polar surface area (TPSA) is 38.3 Å². The zero-order valence-electron chi connectivity index (χ0n) is 13.5. The summed E-state index contributed by atoms with van der Waals surface area (Å²) in [6, 6.07) is 13.5. The van der Waals surface area contributed by atoms with Gasteiger partial charge in [-0.3, -0.25) is 4.79 Å². The van der Waals surface area contributed by atoms with E-state index in [1.807, 2.05) is 6.07 Å². The van der Waals surface area contributed by atoms with Crippen molar-refractivity contribution in [3.63, 3.8) is 0 Å². The van der Waals surface area contributed by atoms with Crippen molar-refractivity contribution in [3.05, 3.63) is 59.2 Å². The van der Waals surface area contributed by atoms with Crippen molar-refractivity contribution in [2.75, 3.05) is 5.32 Å². The molecule has 1 N–H and O–H groups in total. The molecule has 1 aliphatic carbocycles. The Morgan fingerprint density at radius 2 is 1.80 bits per heavy atom. The van der Waals surface area contributed by atoms with Crippen LogP contribution in [-0.4, -0.2) is 9.70 Å². The fourth-order valence-electron chi connectivity index (χ4n) is 3.04. The van der Waals surface area contributed by atoms with Crippen LogP contribution in [0.3, 0.4) is 0 Å². The highest BCUT2D eigenvalue weighted by atomic mass is 35.6. The summed E-state index contributed by atoms with van der Waals surface area (Å²) in [4.78, 5) is 11.9. The van der Waals surface area contributed by atoms with Crippen LogP contribution in [0.1, 0.15) is 29.5 Å². The van der Waals surface area contributed by atoms with Crippen molar-refractivity contribution >= 4 is 46.4 Å². The summed E-state index contributed by atoms with van der Waals surface area (Å²) in [5.74, 6) is -0.177. The third kappa shape index (κ3) is 4.60. The predicted octanol–water partition coefficient (Wildman–Crippen LogP) is 5.45. The Labute approximate surface area is 162 Å². The van der Waals surface area contributed by atoms with E-state index in [9.17, 15) is 4.79 Å². The van der Waals surface area contributed by atoms with Gasteiger partial charge in [0.1, 0.15) is 12.4 Å². The van der Waals surface area contributed by atoms with Gasteiger partial charge in [-0.1, -0.05) is 65.1 Å². The number of amides is 1. The lowest BCUT2D eigenvalue weighted by atomic mass is 9.88. The Kier molecular flexibility index (Phi) is 5.78. The van der Waals surface area contributed by atoms with Crippen LogP contribution >= 0.6 is 34.8 Å². The third-order valence-corrected chi connectivity index (χ3v) is 4.78. The normalized spacial score (nSPS) is 13.9.